The zero-order chi connectivity index (χ0) is 22.9. The summed E-state index contributed by atoms with van der Waals surface area (Å²) in [4.78, 5) is 26.9. The lowest BCUT2D eigenvalue weighted by Gasteiger charge is -2.37. The van der Waals surface area contributed by atoms with Crippen LogP contribution < -0.4 is 0 Å². The molecule has 1 fully saturated rings. The molecule has 1 amide bonds. The van der Waals surface area contributed by atoms with Crippen molar-refractivity contribution in [3.63, 3.8) is 0 Å². The molecule has 9 heteroatoms. The molecule has 1 aliphatic heterocycles. The van der Waals surface area contributed by atoms with E-state index in [4.69, 9.17) is 4.98 Å². The second-order valence-electron chi connectivity index (χ2n) is 7.97. The largest absolute Gasteiger partial charge is 0.335 e. The first-order chi connectivity index (χ1) is 16.0. The fraction of sp³-hybridized carbons (Fsp3) is 0.292. The van der Waals surface area contributed by atoms with Gasteiger partial charge in [0.15, 0.2) is 5.16 Å². The van der Waals surface area contributed by atoms with Crippen LogP contribution in [0, 0.1) is 5.82 Å². The molecule has 1 aliphatic rings. The van der Waals surface area contributed by atoms with Gasteiger partial charge in [-0.2, -0.15) is 0 Å². The average Bonchev–Trinajstić information content (AvgIpc) is 3.48. The molecule has 0 bridgehead atoms. The second-order valence-corrected chi connectivity index (χ2v) is 9.80. The maximum atomic E-state index is 13.4. The number of rotatable bonds is 5. The first-order valence-electron chi connectivity index (χ1n) is 10.8. The number of aromatic nitrogens is 3. The van der Waals surface area contributed by atoms with Crippen molar-refractivity contribution in [3.8, 4) is 5.69 Å². The number of nitrogens with zero attached hydrogens (tertiary/aromatic N) is 5. The number of hydrogen-bond donors (Lipinski definition) is 0. The number of thiazole rings is 1. The number of halogens is 1. The number of fused-ring (bicyclic) bond motifs is 1. The Morgan fingerprint density at radius 3 is 2.52 bits per heavy atom. The smallest absolute Gasteiger partial charge is 0.272 e. The van der Waals surface area contributed by atoms with Gasteiger partial charge in [-0.3, -0.25) is 14.3 Å². The molecule has 5 rings (SSSR count). The first-order valence-corrected chi connectivity index (χ1v) is 12.9. The van der Waals surface area contributed by atoms with E-state index in [-0.39, 0.29) is 17.8 Å². The van der Waals surface area contributed by atoms with Crippen molar-refractivity contribution in [3.05, 3.63) is 71.2 Å². The van der Waals surface area contributed by atoms with Crippen molar-refractivity contribution in [1.82, 2.24) is 24.3 Å². The van der Waals surface area contributed by atoms with Crippen LogP contribution in [0.4, 0.5) is 4.39 Å². The lowest BCUT2D eigenvalue weighted by atomic mass is 10.2. The molecule has 6 nitrogen and oxygen atoms in total. The van der Waals surface area contributed by atoms with Crippen molar-refractivity contribution in [2.45, 2.75) is 18.1 Å². The fourth-order valence-corrected chi connectivity index (χ4v) is 5.77. The second kappa shape index (κ2) is 9.24. The van der Waals surface area contributed by atoms with Gasteiger partial charge in [0.1, 0.15) is 16.5 Å². The standard InChI is InChI=1S/C24H24FN5OS2/c1-16(22-27-19-5-3-4-6-21(19)33-22)28-11-13-29(14-12-28)23(31)20-15-26-24(32-2)30(20)18-9-7-17(25)8-10-18/h3-10,15-16H,11-14H2,1-2H3. The summed E-state index contributed by atoms with van der Waals surface area (Å²) in [5.41, 5.74) is 2.26. The van der Waals surface area contributed by atoms with Crippen molar-refractivity contribution in [2.24, 2.45) is 0 Å². The van der Waals surface area contributed by atoms with E-state index in [1.807, 2.05) is 33.9 Å². The SMILES string of the molecule is CSc1ncc(C(=O)N2CCN(C(C)c3nc4ccccc4s3)CC2)n1-c1ccc(F)cc1. The molecule has 1 unspecified atom stereocenters. The number of benzene rings is 2. The predicted molar refractivity (Wildman–Crippen MR) is 131 cm³/mol. The average molecular weight is 482 g/mol. The Balaban J connectivity index is 1.31. The van der Waals surface area contributed by atoms with Gasteiger partial charge in [0.05, 0.1) is 22.5 Å². The van der Waals surface area contributed by atoms with Crippen molar-refractivity contribution >= 4 is 39.2 Å². The van der Waals surface area contributed by atoms with Crippen LogP contribution in [-0.2, 0) is 0 Å². The van der Waals surface area contributed by atoms with Gasteiger partial charge in [-0.05, 0) is 49.6 Å². The lowest BCUT2D eigenvalue weighted by Crippen LogP contribution is -2.49. The first kappa shape index (κ1) is 22.1. The van der Waals surface area contributed by atoms with Gasteiger partial charge in [-0.15, -0.1) is 11.3 Å². The summed E-state index contributed by atoms with van der Waals surface area (Å²) in [6.07, 6.45) is 3.53. The Morgan fingerprint density at radius 2 is 1.82 bits per heavy atom. The Morgan fingerprint density at radius 1 is 1.09 bits per heavy atom. The van der Waals surface area contributed by atoms with E-state index in [2.05, 4.69) is 22.9 Å². The number of hydrogen-bond acceptors (Lipinski definition) is 6. The molecule has 0 N–H and O–H groups in total. The van der Waals surface area contributed by atoms with E-state index in [1.54, 1.807) is 29.7 Å². The summed E-state index contributed by atoms with van der Waals surface area (Å²) in [6.45, 7) is 5.02. The molecule has 0 saturated carbocycles. The normalized spacial score (nSPS) is 15.8. The Kier molecular flexibility index (Phi) is 6.18. The van der Waals surface area contributed by atoms with Crippen molar-refractivity contribution < 1.29 is 9.18 Å². The third-order valence-corrected chi connectivity index (χ3v) is 7.89. The predicted octanol–water partition coefficient (Wildman–Crippen LogP) is 4.86. The van der Waals surface area contributed by atoms with Crippen molar-refractivity contribution in [2.75, 3.05) is 32.4 Å². The molecule has 2 aromatic carbocycles. The maximum Gasteiger partial charge on any atom is 0.272 e. The van der Waals surface area contributed by atoms with Crippen LogP contribution >= 0.6 is 23.1 Å². The maximum absolute atomic E-state index is 13.4. The zero-order valence-electron chi connectivity index (χ0n) is 18.4. The molecule has 0 aliphatic carbocycles. The Bertz CT molecular complexity index is 1240. The van der Waals surface area contributed by atoms with Crippen molar-refractivity contribution in [1.29, 1.82) is 0 Å². The lowest BCUT2D eigenvalue weighted by molar-refractivity contribution is 0.0574. The number of para-hydroxylation sites is 1. The number of carbonyl (C=O) groups excluding carboxylic acids is 1. The quantitative estimate of drug-likeness (QED) is 0.381. The van der Waals surface area contributed by atoms with Gasteiger partial charge < -0.3 is 4.90 Å². The van der Waals surface area contributed by atoms with E-state index in [0.717, 1.165) is 29.3 Å². The summed E-state index contributed by atoms with van der Waals surface area (Å²) >= 11 is 3.19. The van der Waals surface area contributed by atoms with E-state index < -0.39 is 0 Å². The van der Waals surface area contributed by atoms with E-state index in [1.165, 1.54) is 28.6 Å². The van der Waals surface area contributed by atoms with Crippen LogP contribution in [-0.4, -0.2) is 62.7 Å². The molecule has 1 saturated heterocycles. The number of imidazole rings is 1. The zero-order valence-corrected chi connectivity index (χ0v) is 20.1. The molecule has 170 valence electrons. The highest BCUT2D eigenvalue weighted by Crippen LogP contribution is 2.30. The summed E-state index contributed by atoms with van der Waals surface area (Å²) in [5, 5.41) is 1.81. The molecule has 3 heterocycles. The van der Waals surface area contributed by atoms with Crippen LogP contribution in [0.15, 0.2) is 59.9 Å². The monoisotopic (exact) mass is 481 g/mol. The minimum Gasteiger partial charge on any atom is -0.335 e. The topological polar surface area (TPSA) is 54.3 Å². The van der Waals surface area contributed by atoms with E-state index in [9.17, 15) is 9.18 Å². The van der Waals surface area contributed by atoms with Crippen LogP contribution in [0.1, 0.15) is 28.5 Å². The summed E-state index contributed by atoms with van der Waals surface area (Å²) in [5.74, 6) is -0.366. The molecular weight excluding hydrogens is 457 g/mol. The van der Waals surface area contributed by atoms with Crippen LogP contribution in [0.3, 0.4) is 0 Å². The molecule has 0 radical (unpaired) electrons. The van der Waals surface area contributed by atoms with Gasteiger partial charge in [0.2, 0.25) is 0 Å². The van der Waals surface area contributed by atoms with Crippen LogP contribution in [0.2, 0.25) is 0 Å². The molecule has 33 heavy (non-hydrogen) atoms. The number of thioether (sulfide) groups is 1. The Hall–Kier alpha value is -2.75. The molecular formula is C24H24FN5OS2. The van der Waals surface area contributed by atoms with Gasteiger partial charge in [0.25, 0.3) is 5.91 Å². The number of carbonyl (C=O) groups is 1. The van der Waals surface area contributed by atoms with Gasteiger partial charge in [-0.1, -0.05) is 23.9 Å². The van der Waals surface area contributed by atoms with Gasteiger partial charge in [0, 0.05) is 31.9 Å². The molecule has 2 aromatic heterocycles. The van der Waals surface area contributed by atoms with Crippen LogP contribution in [0.25, 0.3) is 15.9 Å². The minimum atomic E-state index is -0.309. The van der Waals surface area contributed by atoms with E-state index >= 15 is 0 Å². The number of piperazine rings is 1. The highest BCUT2D eigenvalue weighted by Gasteiger charge is 2.29. The highest BCUT2D eigenvalue weighted by atomic mass is 32.2. The Labute approximate surface area is 200 Å². The molecule has 1 atom stereocenters. The van der Waals surface area contributed by atoms with E-state index in [0.29, 0.717) is 23.9 Å². The minimum absolute atomic E-state index is 0.0561. The summed E-state index contributed by atoms with van der Waals surface area (Å²) in [6, 6.07) is 14.5. The summed E-state index contributed by atoms with van der Waals surface area (Å²) in [7, 11) is 0. The third kappa shape index (κ3) is 4.28. The number of amides is 1. The molecule has 0 spiro atoms. The highest BCUT2D eigenvalue weighted by molar-refractivity contribution is 7.98. The van der Waals surface area contributed by atoms with Gasteiger partial charge >= 0.3 is 0 Å². The fourth-order valence-electron chi connectivity index (χ4n) is 4.17. The molecule has 4 aromatic rings. The summed E-state index contributed by atoms with van der Waals surface area (Å²) < 4.78 is 16.4. The van der Waals surface area contributed by atoms with Gasteiger partial charge in [-0.25, -0.2) is 14.4 Å². The van der Waals surface area contributed by atoms with Crippen LogP contribution in [0.5, 0.6) is 0 Å². The third-order valence-electron chi connectivity index (χ3n) is 6.03.